The lowest BCUT2D eigenvalue weighted by molar-refractivity contribution is 1.15. The van der Waals surface area contributed by atoms with Crippen LogP contribution in [0.5, 0.6) is 0 Å². The summed E-state index contributed by atoms with van der Waals surface area (Å²) in [5, 5.41) is 4.96. The van der Waals surface area contributed by atoms with Crippen LogP contribution in [0.15, 0.2) is 243 Å². The Balaban J connectivity index is 1.14. The van der Waals surface area contributed by atoms with Crippen molar-refractivity contribution in [2.45, 2.75) is 0 Å². The summed E-state index contributed by atoms with van der Waals surface area (Å²) in [6.07, 6.45) is 0. The number of anilines is 3. The molecule has 10 aromatic carbocycles. The molecule has 0 fully saturated rings. The number of nitrogens with zero attached hydrogens (tertiary/aromatic N) is 2. The SMILES string of the molecule is c1ccc(-c2ccccc2-c2ccccc2-c2ccccc2N(c2ccc(-c3ccc4ccccc4c3)cc2)c2ccccc2-n2c3ccccc3c3ccccc32)cc1. The summed E-state index contributed by atoms with van der Waals surface area (Å²) in [6, 6.07) is 88.0. The van der Waals surface area contributed by atoms with Gasteiger partial charge in [0, 0.05) is 22.0 Å². The van der Waals surface area contributed by atoms with Gasteiger partial charge >= 0.3 is 0 Å². The van der Waals surface area contributed by atoms with Crippen molar-refractivity contribution in [2.24, 2.45) is 0 Å². The third kappa shape index (κ3) is 6.14. The Morgan fingerprint density at radius 3 is 1.47 bits per heavy atom. The molecule has 0 radical (unpaired) electrons. The minimum Gasteiger partial charge on any atom is -0.308 e. The van der Waals surface area contributed by atoms with Crippen molar-refractivity contribution in [2.75, 3.05) is 4.90 Å². The average molecular weight is 765 g/mol. The van der Waals surface area contributed by atoms with E-state index in [1.807, 2.05) is 0 Å². The van der Waals surface area contributed by atoms with Gasteiger partial charge in [-0.15, -0.1) is 0 Å². The van der Waals surface area contributed by atoms with Gasteiger partial charge in [0.1, 0.15) is 0 Å². The maximum absolute atomic E-state index is 2.46. The lowest BCUT2D eigenvalue weighted by Crippen LogP contribution is -2.14. The Bertz CT molecular complexity index is 3270. The molecule has 1 aromatic heterocycles. The third-order valence-corrected chi connectivity index (χ3v) is 11.8. The topological polar surface area (TPSA) is 8.17 Å². The molecule has 1 heterocycles. The van der Waals surface area contributed by atoms with Crippen LogP contribution in [-0.2, 0) is 0 Å². The van der Waals surface area contributed by atoms with Crippen LogP contribution in [0.1, 0.15) is 0 Å². The van der Waals surface area contributed by atoms with Crippen molar-refractivity contribution < 1.29 is 0 Å². The standard InChI is InChI=1S/C58H40N2/c1-2-19-43(20-3-1)47-22-6-7-23-48(47)49-24-8-9-25-50(49)51-26-10-13-29-54(51)59(46-38-36-42(37-39-46)45-35-34-41-18-4-5-21-44(41)40-45)57-32-16-17-33-58(57)60-55-30-14-11-27-52(55)53-28-12-15-31-56(53)60/h1-40H. The lowest BCUT2D eigenvalue weighted by Gasteiger charge is -2.31. The summed E-state index contributed by atoms with van der Waals surface area (Å²) in [5.41, 5.74) is 16.2. The number of hydrogen-bond acceptors (Lipinski definition) is 1. The molecule has 0 aliphatic heterocycles. The van der Waals surface area contributed by atoms with Gasteiger partial charge in [-0.3, -0.25) is 0 Å². The van der Waals surface area contributed by atoms with Crippen molar-refractivity contribution in [3.63, 3.8) is 0 Å². The van der Waals surface area contributed by atoms with E-state index in [0.29, 0.717) is 0 Å². The molecular weight excluding hydrogens is 725 g/mol. The zero-order valence-electron chi connectivity index (χ0n) is 33.0. The Labute approximate surface area is 350 Å². The van der Waals surface area contributed by atoms with Gasteiger partial charge in [-0.1, -0.05) is 194 Å². The molecule has 0 saturated carbocycles. The maximum Gasteiger partial charge on any atom is 0.0702 e. The number of rotatable bonds is 8. The summed E-state index contributed by atoms with van der Waals surface area (Å²) < 4.78 is 2.43. The molecule has 0 aliphatic rings. The molecule has 11 rings (SSSR count). The van der Waals surface area contributed by atoms with Crippen molar-refractivity contribution in [3.05, 3.63) is 243 Å². The van der Waals surface area contributed by atoms with E-state index < -0.39 is 0 Å². The average Bonchev–Trinajstić information content (AvgIpc) is 3.66. The van der Waals surface area contributed by atoms with Crippen LogP contribution in [-0.4, -0.2) is 4.57 Å². The van der Waals surface area contributed by atoms with Gasteiger partial charge in [-0.05, 0) is 98.2 Å². The second-order valence-corrected chi connectivity index (χ2v) is 15.3. The fourth-order valence-corrected chi connectivity index (χ4v) is 9.04. The molecule has 282 valence electrons. The van der Waals surface area contributed by atoms with E-state index in [0.717, 1.165) is 28.3 Å². The van der Waals surface area contributed by atoms with E-state index in [1.54, 1.807) is 0 Å². The van der Waals surface area contributed by atoms with Gasteiger partial charge in [0.05, 0.1) is 28.1 Å². The highest BCUT2D eigenvalue weighted by Gasteiger charge is 2.24. The van der Waals surface area contributed by atoms with Gasteiger partial charge in [0.2, 0.25) is 0 Å². The predicted molar refractivity (Wildman–Crippen MR) is 255 cm³/mol. The molecule has 0 aliphatic carbocycles. The molecule has 0 bridgehead atoms. The van der Waals surface area contributed by atoms with Crippen LogP contribution < -0.4 is 4.90 Å². The zero-order valence-corrected chi connectivity index (χ0v) is 33.0. The van der Waals surface area contributed by atoms with E-state index in [2.05, 4.69) is 252 Å². The third-order valence-electron chi connectivity index (χ3n) is 11.8. The normalized spacial score (nSPS) is 11.3. The van der Waals surface area contributed by atoms with Gasteiger partial charge in [-0.2, -0.15) is 0 Å². The summed E-state index contributed by atoms with van der Waals surface area (Å²) in [4.78, 5) is 2.46. The van der Waals surface area contributed by atoms with Gasteiger partial charge in [-0.25, -0.2) is 0 Å². The van der Waals surface area contributed by atoms with Gasteiger partial charge in [0.15, 0.2) is 0 Å². The minimum absolute atomic E-state index is 1.07. The summed E-state index contributed by atoms with van der Waals surface area (Å²) in [6.45, 7) is 0. The van der Waals surface area contributed by atoms with Crippen LogP contribution in [0.3, 0.4) is 0 Å². The number of benzene rings is 10. The van der Waals surface area contributed by atoms with Gasteiger partial charge < -0.3 is 9.47 Å². The van der Waals surface area contributed by atoms with E-state index in [-0.39, 0.29) is 0 Å². The number of para-hydroxylation sites is 5. The number of fused-ring (bicyclic) bond motifs is 4. The van der Waals surface area contributed by atoms with E-state index >= 15 is 0 Å². The fourth-order valence-electron chi connectivity index (χ4n) is 9.04. The van der Waals surface area contributed by atoms with Crippen LogP contribution >= 0.6 is 0 Å². The first-order valence-electron chi connectivity index (χ1n) is 20.6. The van der Waals surface area contributed by atoms with Gasteiger partial charge in [0.25, 0.3) is 0 Å². The first-order chi connectivity index (χ1) is 29.8. The Morgan fingerprint density at radius 2 is 0.767 bits per heavy atom. The molecule has 2 nitrogen and oxygen atoms in total. The summed E-state index contributed by atoms with van der Waals surface area (Å²) >= 11 is 0. The molecule has 2 heteroatoms. The summed E-state index contributed by atoms with van der Waals surface area (Å²) in [7, 11) is 0. The molecular formula is C58H40N2. The van der Waals surface area contributed by atoms with Crippen molar-refractivity contribution in [3.8, 4) is 50.2 Å². The number of aromatic nitrogens is 1. The second kappa shape index (κ2) is 15.1. The Hall–Kier alpha value is -7.94. The molecule has 0 unspecified atom stereocenters. The Morgan fingerprint density at radius 1 is 0.283 bits per heavy atom. The van der Waals surface area contributed by atoms with Crippen LogP contribution in [0, 0.1) is 0 Å². The highest BCUT2D eigenvalue weighted by Crippen LogP contribution is 2.47. The largest absolute Gasteiger partial charge is 0.308 e. The summed E-state index contributed by atoms with van der Waals surface area (Å²) in [5.74, 6) is 0. The monoisotopic (exact) mass is 764 g/mol. The van der Waals surface area contributed by atoms with E-state index in [1.165, 1.54) is 71.5 Å². The Kier molecular flexibility index (Phi) is 8.87. The highest BCUT2D eigenvalue weighted by atomic mass is 15.2. The molecule has 0 amide bonds. The number of hydrogen-bond donors (Lipinski definition) is 0. The van der Waals surface area contributed by atoms with E-state index in [4.69, 9.17) is 0 Å². The quantitative estimate of drug-likeness (QED) is 0.150. The molecule has 0 N–H and O–H groups in total. The highest BCUT2D eigenvalue weighted by molar-refractivity contribution is 6.10. The maximum atomic E-state index is 2.46. The minimum atomic E-state index is 1.07. The molecule has 60 heavy (non-hydrogen) atoms. The van der Waals surface area contributed by atoms with Crippen LogP contribution in [0.25, 0.3) is 82.8 Å². The molecule has 11 aromatic rings. The fraction of sp³-hybridized carbons (Fsp3) is 0. The zero-order chi connectivity index (χ0) is 39.8. The van der Waals surface area contributed by atoms with Crippen LogP contribution in [0.2, 0.25) is 0 Å². The van der Waals surface area contributed by atoms with Crippen molar-refractivity contribution >= 4 is 49.6 Å². The van der Waals surface area contributed by atoms with E-state index in [9.17, 15) is 0 Å². The molecule has 0 atom stereocenters. The smallest absolute Gasteiger partial charge is 0.0702 e. The van der Waals surface area contributed by atoms with Crippen LogP contribution in [0.4, 0.5) is 17.1 Å². The predicted octanol–water partition coefficient (Wildman–Crippen LogP) is 16.1. The van der Waals surface area contributed by atoms with Crippen molar-refractivity contribution in [1.82, 2.24) is 4.57 Å². The van der Waals surface area contributed by atoms with Crippen molar-refractivity contribution in [1.29, 1.82) is 0 Å². The lowest BCUT2D eigenvalue weighted by atomic mass is 9.88. The molecule has 0 saturated heterocycles. The molecule has 0 spiro atoms. The second-order valence-electron chi connectivity index (χ2n) is 15.3. The first-order valence-corrected chi connectivity index (χ1v) is 20.6. The first kappa shape index (κ1) is 35.2.